The minimum absolute atomic E-state index is 0.129. The van der Waals surface area contributed by atoms with Crippen molar-refractivity contribution < 1.29 is 4.79 Å². The van der Waals surface area contributed by atoms with Gasteiger partial charge in [-0.25, -0.2) is 0 Å². The number of carbonyl (C=O) groups is 1. The van der Waals surface area contributed by atoms with Gasteiger partial charge in [-0.3, -0.25) is 9.59 Å². The number of amides is 1. The molecule has 0 saturated heterocycles. The van der Waals surface area contributed by atoms with E-state index in [1.165, 1.54) is 12.5 Å². The van der Waals surface area contributed by atoms with Crippen molar-refractivity contribution in [1.82, 2.24) is 10.3 Å². The van der Waals surface area contributed by atoms with E-state index in [9.17, 15) is 9.59 Å². The van der Waals surface area contributed by atoms with E-state index in [0.717, 1.165) is 18.2 Å². The van der Waals surface area contributed by atoms with Crippen LogP contribution < -0.4 is 10.9 Å². The molecule has 2 bridgehead atoms. The number of carbonyl (C=O) groups excluding carboxylic acids is 1. The van der Waals surface area contributed by atoms with Gasteiger partial charge in [-0.2, -0.15) is 0 Å². The van der Waals surface area contributed by atoms with Crippen molar-refractivity contribution in [2.24, 2.45) is 16.7 Å². The minimum atomic E-state index is -0.238. The molecular weight excluding hydrogens is 300 g/mol. The van der Waals surface area contributed by atoms with Crippen molar-refractivity contribution in [3.8, 4) is 0 Å². The van der Waals surface area contributed by atoms with Gasteiger partial charge in [-0.1, -0.05) is 39.0 Å². The van der Waals surface area contributed by atoms with Crippen molar-refractivity contribution in [1.29, 1.82) is 0 Å². The zero-order valence-corrected chi connectivity index (χ0v) is 14.5. The number of rotatable bonds is 2. The molecule has 2 saturated carbocycles. The van der Waals surface area contributed by atoms with E-state index in [1.54, 1.807) is 0 Å². The average Bonchev–Trinajstić information content (AvgIpc) is 2.87. The molecule has 0 aliphatic heterocycles. The summed E-state index contributed by atoms with van der Waals surface area (Å²) in [4.78, 5) is 27.6. The molecule has 0 spiro atoms. The molecule has 2 aromatic rings. The molecule has 126 valence electrons. The van der Waals surface area contributed by atoms with Crippen molar-refractivity contribution in [2.75, 3.05) is 0 Å². The highest BCUT2D eigenvalue weighted by atomic mass is 16.2. The monoisotopic (exact) mass is 324 g/mol. The molecule has 4 heteroatoms. The van der Waals surface area contributed by atoms with Crippen molar-refractivity contribution in [2.45, 2.75) is 46.1 Å². The van der Waals surface area contributed by atoms with Crippen LogP contribution in [0.2, 0.25) is 0 Å². The van der Waals surface area contributed by atoms with Gasteiger partial charge >= 0.3 is 0 Å². The molecule has 1 heterocycles. The van der Waals surface area contributed by atoms with Crippen LogP contribution in [0.1, 0.15) is 50.4 Å². The van der Waals surface area contributed by atoms with Crippen molar-refractivity contribution >= 4 is 16.8 Å². The summed E-state index contributed by atoms with van der Waals surface area (Å²) < 4.78 is 0. The Morgan fingerprint density at radius 1 is 1.25 bits per heavy atom. The van der Waals surface area contributed by atoms with Gasteiger partial charge < -0.3 is 10.3 Å². The highest BCUT2D eigenvalue weighted by molar-refractivity contribution is 6.06. The fourth-order valence-corrected chi connectivity index (χ4v) is 5.05. The minimum Gasteiger partial charge on any atom is -0.349 e. The Morgan fingerprint density at radius 3 is 2.67 bits per heavy atom. The smallest absolute Gasteiger partial charge is 0.252 e. The van der Waals surface area contributed by atoms with Crippen molar-refractivity contribution in [3.05, 3.63) is 46.2 Å². The lowest BCUT2D eigenvalue weighted by molar-refractivity contribution is 0.0827. The third-order valence-electron chi connectivity index (χ3n) is 7.09. The number of aromatic amines is 1. The molecule has 24 heavy (non-hydrogen) atoms. The Bertz CT molecular complexity index is 883. The molecule has 2 aliphatic rings. The first kappa shape index (κ1) is 15.4. The number of para-hydroxylation sites is 1. The second-order valence-corrected chi connectivity index (χ2v) is 8.23. The maximum atomic E-state index is 12.9. The van der Waals surface area contributed by atoms with Crippen LogP contribution in [-0.2, 0) is 0 Å². The van der Waals surface area contributed by atoms with Gasteiger partial charge in [-0.05, 0) is 42.1 Å². The molecule has 4 nitrogen and oxygen atoms in total. The molecular formula is C20H24N2O2. The largest absolute Gasteiger partial charge is 0.349 e. The van der Waals surface area contributed by atoms with E-state index in [-0.39, 0.29) is 28.3 Å². The third kappa shape index (κ3) is 1.98. The Hall–Kier alpha value is -2.10. The number of hydrogen-bond donors (Lipinski definition) is 2. The average molecular weight is 324 g/mol. The lowest BCUT2D eigenvalue weighted by Gasteiger charge is -2.39. The van der Waals surface area contributed by atoms with Crippen LogP contribution in [0.5, 0.6) is 0 Å². The zero-order valence-electron chi connectivity index (χ0n) is 14.5. The fraction of sp³-hybridized carbons (Fsp3) is 0.500. The summed E-state index contributed by atoms with van der Waals surface area (Å²) in [5.74, 6) is 0.538. The lowest BCUT2D eigenvalue weighted by Crippen LogP contribution is -2.47. The Morgan fingerprint density at radius 2 is 2.00 bits per heavy atom. The number of fused-ring (bicyclic) bond motifs is 3. The van der Waals surface area contributed by atoms with Gasteiger partial charge in [0.2, 0.25) is 5.56 Å². The van der Waals surface area contributed by atoms with E-state index in [4.69, 9.17) is 0 Å². The predicted octanol–water partition coefficient (Wildman–Crippen LogP) is 3.47. The number of pyridine rings is 1. The molecule has 1 amide bonds. The first-order chi connectivity index (χ1) is 11.3. The SMILES string of the molecule is CC1(C)[C@@H]2CC[C@@]1(C)[C@@H](NC(=O)c1cc(=O)[nH]c3ccccc13)C2. The van der Waals surface area contributed by atoms with E-state index >= 15 is 0 Å². The molecule has 1 aromatic heterocycles. The third-order valence-corrected chi connectivity index (χ3v) is 7.09. The van der Waals surface area contributed by atoms with Gasteiger partial charge in [0.05, 0.1) is 5.56 Å². The normalized spacial score (nSPS) is 30.6. The van der Waals surface area contributed by atoms with Crippen LogP contribution in [0.25, 0.3) is 10.9 Å². The standard InChI is InChI=1S/C20H24N2O2/c1-19(2)12-8-9-20(19,3)16(10-12)22-18(24)14-11-17(23)21-15-7-5-4-6-13(14)15/h4-7,11-12,16H,8-10H2,1-3H3,(H,21,23)(H,22,24)/t12-,16+,20+/m1/s1. The summed E-state index contributed by atoms with van der Waals surface area (Å²) in [5, 5.41) is 4.04. The summed E-state index contributed by atoms with van der Waals surface area (Å²) in [7, 11) is 0. The number of nitrogens with one attached hydrogen (secondary N) is 2. The second kappa shape index (κ2) is 4.95. The summed E-state index contributed by atoms with van der Waals surface area (Å²) in [6, 6.07) is 9.05. The van der Waals surface area contributed by atoms with E-state index < -0.39 is 0 Å². The Kier molecular flexibility index (Phi) is 3.18. The topological polar surface area (TPSA) is 62.0 Å². The van der Waals surface area contributed by atoms with Crippen molar-refractivity contribution in [3.63, 3.8) is 0 Å². The molecule has 0 unspecified atom stereocenters. The molecule has 2 fully saturated rings. The molecule has 1 aromatic carbocycles. The Labute approximate surface area is 141 Å². The van der Waals surface area contributed by atoms with Crippen LogP contribution in [0.3, 0.4) is 0 Å². The number of benzene rings is 1. The molecule has 2 N–H and O–H groups in total. The fourth-order valence-electron chi connectivity index (χ4n) is 5.05. The summed E-state index contributed by atoms with van der Waals surface area (Å²) in [5.41, 5.74) is 1.32. The van der Waals surface area contributed by atoms with Gasteiger partial charge in [0.15, 0.2) is 0 Å². The summed E-state index contributed by atoms with van der Waals surface area (Å²) in [6.07, 6.45) is 3.45. The molecule has 3 atom stereocenters. The van der Waals surface area contributed by atoms with Crippen LogP contribution in [0.15, 0.2) is 35.1 Å². The molecule has 4 rings (SSSR count). The van der Waals surface area contributed by atoms with Crippen LogP contribution in [0, 0.1) is 16.7 Å². The van der Waals surface area contributed by atoms with Crippen LogP contribution >= 0.6 is 0 Å². The number of aromatic nitrogens is 1. The van der Waals surface area contributed by atoms with E-state index in [1.807, 2.05) is 24.3 Å². The van der Waals surface area contributed by atoms with Crippen LogP contribution in [-0.4, -0.2) is 16.9 Å². The highest BCUT2D eigenvalue weighted by Gasteiger charge is 2.61. The maximum Gasteiger partial charge on any atom is 0.252 e. The summed E-state index contributed by atoms with van der Waals surface area (Å²) >= 11 is 0. The number of hydrogen-bond acceptors (Lipinski definition) is 2. The van der Waals surface area contributed by atoms with Gasteiger partial charge in [-0.15, -0.1) is 0 Å². The first-order valence-corrected chi connectivity index (χ1v) is 8.76. The quantitative estimate of drug-likeness (QED) is 0.888. The molecule has 2 aliphatic carbocycles. The first-order valence-electron chi connectivity index (χ1n) is 8.76. The van der Waals surface area contributed by atoms with Gasteiger partial charge in [0, 0.05) is 23.0 Å². The predicted molar refractivity (Wildman–Crippen MR) is 95.1 cm³/mol. The highest BCUT2D eigenvalue weighted by Crippen LogP contribution is 2.65. The van der Waals surface area contributed by atoms with Crippen LogP contribution in [0.4, 0.5) is 0 Å². The summed E-state index contributed by atoms with van der Waals surface area (Å²) in [6.45, 7) is 6.97. The zero-order chi connectivity index (χ0) is 17.1. The van der Waals surface area contributed by atoms with Gasteiger partial charge in [0.25, 0.3) is 5.91 Å². The second-order valence-electron chi connectivity index (χ2n) is 8.23. The van der Waals surface area contributed by atoms with E-state index in [0.29, 0.717) is 17.0 Å². The Balaban J connectivity index is 1.68. The molecule has 0 radical (unpaired) electrons. The lowest BCUT2D eigenvalue weighted by atomic mass is 9.69. The number of H-pyrrole nitrogens is 1. The maximum absolute atomic E-state index is 12.9. The van der Waals surface area contributed by atoms with E-state index in [2.05, 4.69) is 31.1 Å². The van der Waals surface area contributed by atoms with Gasteiger partial charge in [0.1, 0.15) is 0 Å².